The van der Waals surface area contributed by atoms with Crippen LogP contribution < -0.4 is 4.72 Å². The highest BCUT2D eigenvalue weighted by molar-refractivity contribution is 7.89. The lowest BCUT2D eigenvalue weighted by atomic mass is 10.1. The van der Waals surface area contributed by atoms with E-state index >= 15 is 0 Å². The van der Waals surface area contributed by atoms with Crippen molar-refractivity contribution in [3.05, 3.63) is 22.7 Å². The van der Waals surface area contributed by atoms with Crippen molar-refractivity contribution in [2.45, 2.75) is 24.8 Å². The number of hydrogen-bond donors (Lipinski definition) is 1. The number of nitrogens with one attached hydrogen (secondary N) is 1. The molecule has 0 saturated carbocycles. The number of sulfonamides is 1. The van der Waals surface area contributed by atoms with Crippen LogP contribution in [0, 0.1) is 5.92 Å². The van der Waals surface area contributed by atoms with Gasteiger partial charge in [-0.25, -0.2) is 13.4 Å². The molecule has 6 nitrogen and oxygen atoms in total. The smallest absolute Gasteiger partial charge is 0.324 e. The molecule has 1 aromatic carbocycles. The van der Waals surface area contributed by atoms with Crippen LogP contribution in [0.4, 0.5) is 0 Å². The van der Waals surface area contributed by atoms with Gasteiger partial charge in [0.15, 0.2) is 4.47 Å². The minimum atomic E-state index is -3.86. The van der Waals surface area contributed by atoms with E-state index in [2.05, 4.69) is 14.4 Å². The number of fused-ring (bicyclic) bond motifs is 1. The number of thiazole rings is 1. The van der Waals surface area contributed by atoms with Crippen molar-refractivity contribution < 1.29 is 17.9 Å². The number of rotatable bonds is 5. The summed E-state index contributed by atoms with van der Waals surface area (Å²) in [4.78, 5) is 15.8. The number of esters is 1. The Labute approximate surface area is 137 Å². The van der Waals surface area contributed by atoms with Gasteiger partial charge in [0.2, 0.25) is 10.0 Å². The molecule has 2 aromatic rings. The number of ether oxygens (including phenoxy) is 1. The predicted molar refractivity (Wildman–Crippen MR) is 85.6 cm³/mol. The minimum Gasteiger partial charge on any atom is -0.468 e. The number of halogens is 1. The molecule has 0 aliphatic carbocycles. The van der Waals surface area contributed by atoms with Crippen LogP contribution in [0.3, 0.4) is 0 Å². The van der Waals surface area contributed by atoms with Gasteiger partial charge in [-0.05, 0) is 24.1 Å². The Balaban J connectivity index is 2.36. The summed E-state index contributed by atoms with van der Waals surface area (Å²) in [6, 6.07) is 3.54. The highest BCUT2D eigenvalue weighted by Gasteiger charge is 2.29. The van der Waals surface area contributed by atoms with E-state index in [0.717, 1.165) is 0 Å². The van der Waals surface area contributed by atoms with E-state index in [0.29, 0.717) is 14.7 Å². The molecule has 0 saturated heterocycles. The predicted octanol–water partition coefficient (Wildman–Crippen LogP) is 2.43. The molecule has 9 heteroatoms. The standard InChI is InChI=1S/C13H15ClN2O4S2/c1-7(2)11(12(17)20-3)16-22(18,19)8-4-5-9-10(6-8)21-13(14)15-9/h4-7,11,16H,1-3H3/t11-/m1/s1. The number of benzene rings is 1. The summed E-state index contributed by atoms with van der Waals surface area (Å²) in [5.74, 6) is -0.871. The number of methoxy groups -OCH3 is 1. The highest BCUT2D eigenvalue weighted by Crippen LogP contribution is 2.27. The summed E-state index contributed by atoms with van der Waals surface area (Å²) in [6.45, 7) is 3.46. The number of carbonyl (C=O) groups is 1. The number of aromatic nitrogens is 1. The van der Waals surface area contributed by atoms with E-state index < -0.39 is 22.0 Å². The summed E-state index contributed by atoms with van der Waals surface area (Å²) in [5.41, 5.74) is 0.627. The normalized spacial score (nSPS) is 13.5. The maximum Gasteiger partial charge on any atom is 0.324 e. The molecule has 0 amide bonds. The molecule has 0 aliphatic rings. The average Bonchev–Trinajstić information content (AvgIpc) is 2.82. The monoisotopic (exact) mass is 362 g/mol. The van der Waals surface area contributed by atoms with Gasteiger partial charge in [0.25, 0.3) is 0 Å². The van der Waals surface area contributed by atoms with Crippen LogP contribution >= 0.6 is 22.9 Å². The number of hydrogen-bond acceptors (Lipinski definition) is 6. The topological polar surface area (TPSA) is 85.4 Å². The second-order valence-electron chi connectivity index (χ2n) is 4.96. The summed E-state index contributed by atoms with van der Waals surface area (Å²) >= 11 is 7.01. The first-order valence-electron chi connectivity index (χ1n) is 6.41. The zero-order valence-electron chi connectivity index (χ0n) is 12.2. The van der Waals surface area contributed by atoms with E-state index in [-0.39, 0.29) is 10.8 Å². The van der Waals surface area contributed by atoms with Gasteiger partial charge in [-0.1, -0.05) is 25.4 Å². The lowest BCUT2D eigenvalue weighted by Gasteiger charge is -2.19. The van der Waals surface area contributed by atoms with Gasteiger partial charge in [-0.3, -0.25) is 4.79 Å². The van der Waals surface area contributed by atoms with E-state index in [9.17, 15) is 13.2 Å². The fourth-order valence-corrected chi connectivity index (χ4v) is 4.37. The highest BCUT2D eigenvalue weighted by atomic mass is 35.5. The lowest BCUT2D eigenvalue weighted by Crippen LogP contribution is -2.44. The fourth-order valence-electron chi connectivity index (χ4n) is 1.86. The second kappa shape index (κ2) is 6.49. The van der Waals surface area contributed by atoms with Crippen molar-refractivity contribution >= 4 is 49.1 Å². The third-order valence-electron chi connectivity index (χ3n) is 3.05. The third kappa shape index (κ3) is 3.57. The Hall–Kier alpha value is -1.22. The van der Waals surface area contributed by atoms with Gasteiger partial charge >= 0.3 is 5.97 Å². The van der Waals surface area contributed by atoms with Crippen LogP contribution in [0.25, 0.3) is 10.2 Å². The molecule has 0 radical (unpaired) electrons. The average molecular weight is 363 g/mol. The molecule has 22 heavy (non-hydrogen) atoms. The molecule has 0 fully saturated rings. The first-order valence-corrected chi connectivity index (χ1v) is 9.08. The van der Waals surface area contributed by atoms with Crippen LogP contribution in [-0.2, 0) is 19.6 Å². The molecular weight excluding hydrogens is 348 g/mol. The lowest BCUT2D eigenvalue weighted by molar-refractivity contribution is -0.143. The molecule has 1 N–H and O–H groups in total. The van der Waals surface area contributed by atoms with E-state index in [1.165, 1.54) is 30.6 Å². The van der Waals surface area contributed by atoms with Crippen molar-refractivity contribution in [2.75, 3.05) is 7.11 Å². The summed E-state index contributed by atoms with van der Waals surface area (Å²) in [6.07, 6.45) is 0. The zero-order valence-corrected chi connectivity index (χ0v) is 14.6. The molecule has 0 spiro atoms. The van der Waals surface area contributed by atoms with Crippen molar-refractivity contribution in [1.29, 1.82) is 0 Å². The van der Waals surface area contributed by atoms with Crippen molar-refractivity contribution in [3.63, 3.8) is 0 Å². The first-order chi connectivity index (χ1) is 10.2. The van der Waals surface area contributed by atoms with Crippen molar-refractivity contribution in [2.24, 2.45) is 5.92 Å². The van der Waals surface area contributed by atoms with Crippen LogP contribution in [0.15, 0.2) is 23.1 Å². The molecule has 0 aliphatic heterocycles. The maximum absolute atomic E-state index is 12.5. The van der Waals surface area contributed by atoms with Gasteiger partial charge in [0, 0.05) is 0 Å². The quantitative estimate of drug-likeness (QED) is 0.825. The van der Waals surface area contributed by atoms with Crippen LogP contribution in [0.5, 0.6) is 0 Å². The Morgan fingerprint density at radius 2 is 2.09 bits per heavy atom. The fraction of sp³-hybridized carbons (Fsp3) is 0.385. The molecule has 2 rings (SSSR count). The van der Waals surface area contributed by atoms with Crippen LogP contribution in [0.1, 0.15) is 13.8 Å². The zero-order chi connectivity index (χ0) is 16.5. The maximum atomic E-state index is 12.5. The molecule has 120 valence electrons. The van der Waals surface area contributed by atoms with Gasteiger partial charge in [0.1, 0.15) is 6.04 Å². The van der Waals surface area contributed by atoms with Crippen LogP contribution in [-0.4, -0.2) is 32.5 Å². The molecule has 1 aromatic heterocycles. The largest absolute Gasteiger partial charge is 0.468 e. The summed E-state index contributed by atoms with van der Waals surface area (Å²) in [7, 11) is -2.64. The Morgan fingerprint density at radius 3 is 2.68 bits per heavy atom. The van der Waals surface area contributed by atoms with Crippen molar-refractivity contribution in [3.8, 4) is 0 Å². The minimum absolute atomic E-state index is 0.0508. The van der Waals surface area contributed by atoms with Crippen LogP contribution in [0.2, 0.25) is 4.47 Å². The second-order valence-corrected chi connectivity index (χ2v) is 8.29. The van der Waals surface area contributed by atoms with Gasteiger partial charge in [-0.15, -0.1) is 11.3 Å². The van der Waals surface area contributed by atoms with E-state index in [4.69, 9.17) is 11.6 Å². The van der Waals surface area contributed by atoms with Crippen molar-refractivity contribution in [1.82, 2.24) is 9.71 Å². The third-order valence-corrected chi connectivity index (χ3v) is 5.61. The van der Waals surface area contributed by atoms with E-state index in [1.807, 2.05) is 0 Å². The number of nitrogens with zero attached hydrogens (tertiary/aromatic N) is 1. The molecule has 1 heterocycles. The molecule has 0 unspecified atom stereocenters. The number of carbonyl (C=O) groups excluding carboxylic acids is 1. The van der Waals surface area contributed by atoms with Gasteiger partial charge in [0.05, 0.1) is 22.2 Å². The first kappa shape index (κ1) is 17.1. The summed E-state index contributed by atoms with van der Waals surface area (Å²) in [5, 5.41) is 0. The molecule has 1 atom stereocenters. The van der Waals surface area contributed by atoms with E-state index in [1.54, 1.807) is 19.9 Å². The summed E-state index contributed by atoms with van der Waals surface area (Å²) < 4.78 is 32.9. The Kier molecular flexibility index (Phi) is 5.06. The SMILES string of the molecule is COC(=O)[C@H](NS(=O)(=O)c1ccc2nc(Cl)sc2c1)C(C)C. The Morgan fingerprint density at radius 1 is 1.41 bits per heavy atom. The molecular formula is C13H15ClN2O4S2. The Bertz CT molecular complexity index is 801. The molecule has 0 bridgehead atoms. The van der Waals surface area contributed by atoms with Gasteiger partial charge < -0.3 is 4.74 Å². The van der Waals surface area contributed by atoms with Gasteiger partial charge in [-0.2, -0.15) is 4.72 Å².